The summed E-state index contributed by atoms with van der Waals surface area (Å²) >= 11 is 0. The van der Waals surface area contributed by atoms with Crippen molar-refractivity contribution in [3.05, 3.63) is 72.0 Å². The summed E-state index contributed by atoms with van der Waals surface area (Å²) in [4.78, 5) is 18.5. The number of benzene rings is 2. The number of halogens is 2. The van der Waals surface area contributed by atoms with E-state index >= 15 is 4.39 Å². The van der Waals surface area contributed by atoms with Gasteiger partial charge >= 0.3 is 6.01 Å². The number of phenols is 1. The molecule has 2 N–H and O–H groups in total. The number of anilines is 1. The van der Waals surface area contributed by atoms with Crippen LogP contribution in [0.15, 0.2) is 54.8 Å². The summed E-state index contributed by atoms with van der Waals surface area (Å²) in [7, 11) is 0. The number of aromatic hydroxyl groups is 1. The minimum atomic E-state index is -0.735. The van der Waals surface area contributed by atoms with Gasteiger partial charge in [-0.25, -0.2) is 8.78 Å². The Balaban J connectivity index is 1.28. The SMILES string of the molecule is C#Cc1c(F)ccc2cc(O)cc(-c3ncc4c(N5C[C@H]6CC[C@@H](C5)N6)nc(OCC56CC(=C)CN5CC(=C)C6)nc4c3F)c12. The summed E-state index contributed by atoms with van der Waals surface area (Å²) in [5, 5.41) is 15.4. The molecule has 228 valence electrons. The molecule has 4 saturated heterocycles. The minimum absolute atomic E-state index is 0.0297. The molecule has 10 heteroatoms. The molecule has 2 aromatic heterocycles. The van der Waals surface area contributed by atoms with E-state index in [1.807, 2.05) is 0 Å². The highest BCUT2D eigenvalue weighted by Gasteiger charge is 2.48. The normalized spacial score (nSPS) is 22.4. The van der Waals surface area contributed by atoms with Gasteiger partial charge in [0, 0.05) is 55.4 Å². The zero-order chi connectivity index (χ0) is 31.0. The van der Waals surface area contributed by atoms with Crippen molar-refractivity contribution in [3.63, 3.8) is 0 Å². The summed E-state index contributed by atoms with van der Waals surface area (Å²) in [6, 6.07) is 6.23. The van der Waals surface area contributed by atoms with Gasteiger partial charge in [-0.3, -0.25) is 9.88 Å². The topological polar surface area (TPSA) is 86.6 Å². The first-order chi connectivity index (χ1) is 21.7. The van der Waals surface area contributed by atoms with Crippen molar-refractivity contribution in [1.29, 1.82) is 0 Å². The molecule has 2 aromatic carbocycles. The van der Waals surface area contributed by atoms with Crippen molar-refractivity contribution in [3.8, 4) is 35.4 Å². The fraction of sp³-hybridized carbons (Fsp3) is 0.343. The lowest BCUT2D eigenvalue weighted by molar-refractivity contribution is 0.108. The molecule has 4 fully saturated rings. The van der Waals surface area contributed by atoms with Crippen LogP contribution in [0.2, 0.25) is 0 Å². The monoisotopic (exact) mass is 606 g/mol. The summed E-state index contributed by atoms with van der Waals surface area (Å²) in [6.07, 6.45) is 10.9. The van der Waals surface area contributed by atoms with Crippen molar-refractivity contribution in [1.82, 2.24) is 25.2 Å². The number of hydrogen-bond donors (Lipinski definition) is 2. The van der Waals surface area contributed by atoms with Crippen LogP contribution in [0.1, 0.15) is 31.2 Å². The van der Waals surface area contributed by atoms with E-state index in [0.29, 0.717) is 48.4 Å². The second-order valence-corrected chi connectivity index (χ2v) is 12.9. The summed E-state index contributed by atoms with van der Waals surface area (Å²) in [5.41, 5.74) is 2.07. The average molecular weight is 607 g/mol. The number of ether oxygens (including phenoxy) is 1. The molecular weight excluding hydrogens is 574 g/mol. The number of rotatable bonds is 5. The molecule has 8 rings (SSSR count). The first-order valence-electron chi connectivity index (χ1n) is 15.2. The molecule has 0 aliphatic carbocycles. The first-order valence-corrected chi connectivity index (χ1v) is 15.2. The number of phenolic OH excluding ortho intramolecular Hbond substituents is 1. The van der Waals surface area contributed by atoms with E-state index in [1.165, 1.54) is 24.3 Å². The summed E-state index contributed by atoms with van der Waals surface area (Å²) in [5.74, 6) is 1.46. The zero-order valence-corrected chi connectivity index (χ0v) is 24.7. The molecule has 2 bridgehead atoms. The van der Waals surface area contributed by atoms with Crippen LogP contribution < -0.4 is 15.0 Å². The third-order valence-electron chi connectivity index (χ3n) is 9.74. The molecule has 4 aliphatic rings. The standard InChI is InChI=1S/C35H32F2N6O2/c1-4-25-28(36)8-5-21-9-24(44)10-26(29(21)25)31-30(37)32-27(13-38-31)33(42-16-22-6-7-23(17-42)39-22)41-34(40-32)45-18-35-11-19(2)14-43(35)15-20(3)12-35/h1,5,8-10,13,22-23,39,44H,2-3,6-7,11-12,14-18H2/t22-,23+. The number of fused-ring (bicyclic) bond motifs is 5. The van der Waals surface area contributed by atoms with Gasteiger partial charge in [0.25, 0.3) is 0 Å². The molecule has 0 amide bonds. The van der Waals surface area contributed by atoms with Crippen molar-refractivity contribution in [2.45, 2.75) is 43.3 Å². The van der Waals surface area contributed by atoms with E-state index in [9.17, 15) is 9.50 Å². The highest BCUT2D eigenvalue weighted by molar-refractivity contribution is 6.03. The van der Waals surface area contributed by atoms with Gasteiger partial charge in [-0.15, -0.1) is 6.42 Å². The van der Waals surface area contributed by atoms with Crippen molar-refractivity contribution < 1.29 is 18.6 Å². The van der Waals surface area contributed by atoms with Gasteiger partial charge in [0.05, 0.1) is 16.5 Å². The Hall–Kier alpha value is -4.59. The Labute approximate surface area is 259 Å². The number of aromatic nitrogens is 3. The molecule has 45 heavy (non-hydrogen) atoms. The third-order valence-corrected chi connectivity index (χ3v) is 9.74. The maximum absolute atomic E-state index is 16.8. The predicted octanol–water partition coefficient (Wildman–Crippen LogP) is 5.09. The van der Waals surface area contributed by atoms with E-state index in [4.69, 9.17) is 16.1 Å². The summed E-state index contributed by atoms with van der Waals surface area (Å²) < 4.78 is 38.0. The van der Waals surface area contributed by atoms with Crippen LogP contribution in [0.3, 0.4) is 0 Å². The van der Waals surface area contributed by atoms with E-state index in [2.05, 4.69) is 44.2 Å². The Bertz CT molecular complexity index is 1960. The number of hydrogen-bond acceptors (Lipinski definition) is 8. The van der Waals surface area contributed by atoms with Crippen LogP contribution in [0, 0.1) is 24.0 Å². The van der Waals surface area contributed by atoms with Gasteiger partial charge in [0.15, 0.2) is 5.82 Å². The first kappa shape index (κ1) is 27.9. The number of pyridine rings is 1. The van der Waals surface area contributed by atoms with Gasteiger partial charge in [-0.05, 0) is 49.3 Å². The molecule has 0 unspecified atom stereocenters. The summed E-state index contributed by atoms with van der Waals surface area (Å²) in [6.45, 7) is 11.7. The molecule has 0 radical (unpaired) electrons. The van der Waals surface area contributed by atoms with Crippen molar-refractivity contribution >= 4 is 27.5 Å². The lowest BCUT2D eigenvalue weighted by Crippen LogP contribution is -2.51. The molecule has 4 aliphatic heterocycles. The fourth-order valence-corrected chi connectivity index (χ4v) is 7.89. The van der Waals surface area contributed by atoms with E-state index in [1.54, 1.807) is 6.20 Å². The maximum atomic E-state index is 16.8. The minimum Gasteiger partial charge on any atom is -0.508 e. The van der Waals surface area contributed by atoms with Crippen LogP contribution in [0.5, 0.6) is 11.8 Å². The van der Waals surface area contributed by atoms with Gasteiger partial charge in [0.1, 0.15) is 35.2 Å². The molecule has 6 heterocycles. The molecular formula is C35H32F2N6O2. The zero-order valence-electron chi connectivity index (χ0n) is 24.7. The van der Waals surface area contributed by atoms with E-state index < -0.39 is 11.6 Å². The maximum Gasteiger partial charge on any atom is 0.319 e. The second-order valence-electron chi connectivity index (χ2n) is 12.9. The second kappa shape index (κ2) is 10.2. The quantitative estimate of drug-likeness (QED) is 0.240. The van der Waals surface area contributed by atoms with E-state index in [-0.39, 0.29) is 45.0 Å². The predicted molar refractivity (Wildman–Crippen MR) is 169 cm³/mol. The molecule has 0 spiro atoms. The molecule has 0 saturated carbocycles. The number of nitrogens with zero attached hydrogens (tertiary/aromatic N) is 5. The molecule has 8 nitrogen and oxygen atoms in total. The smallest absolute Gasteiger partial charge is 0.319 e. The largest absolute Gasteiger partial charge is 0.508 e. The van der Waals surface area contributed by atoms with Gasteiger partial charge in [-0.1, -0.05) is 36.3 Å². The van der Waals surface area contributed by atoms with Crippen molar-refractivity contribution in [2.75, 3.05) is 37.7 Å². The van der Waals surface area contributed by atoms with Crippen LogP contribution in [-0.2, 0) is 0 Å². The van der Waals surface area contributed by atoms with Crippen molar-refractivity contribution in [2.24, 2.45) is 0 Å². The number of piperazine rings is 1. The van der Waals surface area contributed by atoms with Crippen LogP contribution >= 0.6 is 0 Å². The van der Waals surface area contributed by atoms with Gasteiger partial charge in [-0.2, -0.15) is 9.97 Å². The Morgan fingerprint density at radius 3 is 2.53 bits per heavy atom. The lowest BCUT2D eigenvalue weighted by atomic mass is 9.92. The number of terminal acetylenes is 1. The van der Waals surface area contributed by atoms with Crippen LogP contribution in [0.4, 0.5) is 14.6 Å². The molecule has 4 aromatic rings. The van der Waals surface area contributed by atoms with E-state index in [0.717, 1.165) is 49.9 Å². The lowest BCUT2D eigenvalue weighted by Gasteiger charge is -2.34. The third kappa shape index (κ3) is 4.52. The fourth-order valence-electron chi connectivity index (χ4n) is 7.89. The Morgan fingerprint density at radius 2 is 1.82 bits per heavy atom. The highest BCUT2D eigenvalue weighted by Crippen LogP contribution is 2.43. The Kier molecular flexibility index (Phi) is 6.34. The highest BCUT2D eigenvalue weighted by atomic mass is 19.1. The van der Waals surface area contributed by atoms with Gasteiger partial charge in [0.2, 0.25) is 0 Å². The molecule has 2 atom stereocenters. The van der Waals surface area contributed by atoms with Crippen LogP contribution in [-0.4, -0.2) is 75.4 Å². The number of nitrogens with one attached hydrogen (secondary N) is 1. The van der Waals surface area contributed by atoms with Crippen LogP contribution in [0.25, 0.3) is 32.9 Å². The van der Waals surface area contributed by atoms with Gasteiger partial charge < -0.3 is 20.1 Å². The Morgan fingerprint density at radius 1 is 1.09 bits per heavy atom. The average Bonchev–Trinajstić information content (AvgIpc) is 3.62.